The maximum Gasteiger partial charge on any atom is 0.262 e. The van der Waals surface area contributed by atoms with Crippen molar-refractivity contribution < 1.29 is 4.79 Å². The van der Waals surface area contributed by atoms with Crippen molar-refractivity contribution in [1.29, 1.82) is 0 Å². The van der Waals surface area contributed by atoms with E-state index in [4.69, 9.17) is 0 Å². The molecule has 3 aromatic heterocycles. The third-order valence-corrected chi connectivity index (χ3v) is 4.48. The number of Topliss-reactive ketones (excluding diaryl/α,β-unsaturated/α-hetero) is 1. The molecule has 102 valence electrons. The van der Waals surface area contributed by atoms with Gasteiger partial charge in [-0.1, -0.05) is 0 Å². The molecule has 0 saturated carbocycles. The van der Waals surface area contributed by atoms with Gasteiger partial charge in [0.2, 0.25) is 0 Å². The van der Waals surface area contributed by atoms with Crippen LogP contribution in [0.3, 0.4) is 0 Å². The third kappa shape index (κ3) is 1.98. The van der Waals surface area contributed by atoms with Crippen molar-refractivity contribution in [2.45, 2.75) is 20.4 Å². The fourth-order valence-corrected chi connectivity index (χ4v) is 3.11. The van der Waals surface area contributed by atoms with E-state index in [1.54, 1.807) is 18.3 Å². The molecule has 0 aliphatic heterocycles. The Hall–Kier alpha value is -2.21. The molecule has 3 aromatic rings. The van der Waals surface area contributed by atoms with Crippen molar-refractivity contribution in [2.24, 2.45) is 0 Å². The summed E-state index contributed by atoms with van der Waals surface area (Å²) in [5.41, 5.74) is 1.29. The molecular formula is C14H13N3O2S. The molecule has 0 aromatic carbocycles. The minimum atomic E-state index is -0.156. The van der Waals surface area contributed by atoms with E-state index >= 15 is 0 Å². The number of aryl methyl sites for hydroxylation is 2. The Morgan fingerprint density at radius 3 is 2.95 bits per heavy atom. The van der Waals surface area contributed by atoms with Gasteiger partial charge in [0, 0.05) is 11.1 Å². The van der Waals surface area contributed by atoms with Crippen LogP contribution in [0.4, 0.5) is 0 Å². The van der Waals surface area contributed by atoms with Gasteiger partial charge in [-0.15, -0.1) is 11.3 Å². The van der Waals surface area contributed by atoms with E-state index in [9.17, 15) is 9.59 Å². The second kappa shape index (κ2) is 4.72. The second-order valence-electron chi connectivity index (χ2n) is 4.65. The highest BCUT2D eigenvalue weighted by molar-refractivity contribution is 7.18. The van der Waals surface area contributed by atoms with E-state index in [0.29, 0.717) is 11.1 Å². The number of carbonyl (C=O) groups is 1. The number of ketones is 1. The Labute approximate surface area is 118 Å². The normalized spacial score (nSPS) is 11.1. The van der Waals surface area contributed by atoms with Crippen LogP contribution >= 0.6 is 11.3 Å². The molecule has 0 saturated heterocycles. The molecule has 0 bridgehead atoms. The van der Waals surface area contributed by atoms with Crippen LogP contribution in [0.1, 0.15) is 20.9 Å². The first-order chi connectivity index (χ1) is 9.58. The molecule has 0 aliphatic rings. The number of carbonyl (C=O) groups excluding carboxylic acids is 1. The van der Waals surface area contributed by atoms with E-state index in [0.717, 1.165) is 15.3 Å². The summed E-state index contributed by atoms with van der Waals surface area (Å²) in [7, 11) is 0. The molecule has 6 heteroatoms. The molecular weight excluding hydrogens is 274 g/mol. The number of H-pyrrole nitrogens is 1. The number of thiophene rings is 1. The molecule has 0 radical (unpaired) electrons. The number of nitrogens with zero attached hydrogens (tertiary/aromatic N) is 2. The van der Waals surface area contributed by atoms with Crippen molar-refractivity contribution in [3.63, 3.8) is 0 Å². The van der Waals surface area contributed by atoms with Crippen molar-refractivity contribution in [2.75, 3.05) is 0 Å². The van der Waals surface area contributed by atoms with Crippen molar-refractivity contribution in [3.05, 3.63) is 51.1 Å². The maximum absolute atomic E-state index is 12.4. The molecule has 5 nitrogen and oxygen atoms in total. The fourth-order valence-electron chi connectivity index (χ4n) is 2.13. The molecule has 3 heterocycles. The molecule has 0 atom stereocenters. The van der Waals surface area contributed by atoms with Gasteiger partial charge in [-0.2, -0.15) is 0 Å². The molecule has 3 rings (SSSR count). The molecule has 0 amide bonds. The summed E-state index contributed by atoms with van der Waals surface area (Å²) in [6.07, 6.45) is 3.13. The van der Waals surface area contributed by atoms with Crippen LogP contribution in [-0.2, 0) is 6.54 Å². The first-order valence-electron chi connectivity index (χ1n) is 6.19. The highest BCUT2D eigenvalue weighted by Crippen LogP contribution is 2.25. The van der Waals surface area contributed by atoms with Gasteiger partial charge in [-0.3, -0.25) is 14.2 Å². The van der Waals surface area contributed by atoms with Crippen LogP contribution in [0.5, 0.6) is 0 Å². The standard InChI is InChI=1S/C14H13N3O2S/c1-8-9(2)20-13-12(8)14(19)17(7-16-13)6-11(18)10-4-3-5-15-10/h3-5,7,15H,6H2,1-2H3. The summed E-state index contributed by atoms with van der Waals surface area (Å²) in [6, 6.07) is 3.45. The average molecular weight is 287 g/mol. The quantitative estimate of drug-likeness (QED) is 0.751. The number of hydrogen-bond donors (Lipinski definition) is 1. The molecule has 0 spiro atoms. The number of aromatic amines is 1. The molecule has 1 N–H and O–H groups in total. The van der Waals surface area contributed by atoms with Gasteiger partial charge in [0.05, 0.1) is 24.0 Å². The summed E-state index contributed by atoms with van der Waals surface area (Å²) in [5.74, 6) is -0.136. The van der Waals surface area contributed by atoms with Gasteiger partial charge in [0.1, 0.15) is 4.83 Å². The number of aromatic nitrogens is 3. The predicted molar refractivity (Wildman–Crippen MR) is 78.5 cm³/mol. The van der Waals surface area contributed by atoms with Crippen LogP contribution in [0.2, 0.25) is 0 Å². The van der Waals surface area contributed by atoms with E-state index in [2.05, 4.69) is 9.97 Å². The van der Waals surface area contributed by atoms with Crippen LogP contribution in [0, 0.1) is 13.8 Å². The number of fused-ring (bicyclic) bond motifs is 1. The molecule has 20 heavy (non-hydrogen) atoms. The molecule has 0 unspecified atom stereocenters. The summed E-state index contributed by atoms with van der Waals surface area (Å²) in [5, 5.41) is 0.620. The van der Waals surface area contributed by atoms with Crippen LogP contribution in [0.25, 0.3) is 10.2 Å². The van der Waals surface area contributed by atoms with Crippen molar-refractivity contribution >= 4 is 27.3 Å². The summed E-state index contributed by atoms with van der Waals surface area (Å²) in [4.78, 5) is 33.4. The Kier molecular flexibility index (Phi) is 3.02. The Bertz CT molecular complexity index is 843. The monoisotopic (exact) mass is 287 g/mol. The lowest BCUT2D eigenvalue weighted by molar-refractivity contribution is 0.0966. The van der Waals surface area contributed by atoms with Gasteiger partial charge < -0.3 is 4.98 Å². The van der Waals surface area contributed by atoms with Gasteiger partial charge >= 0.3 is 0 Å². The van der Waals surface area contributed by atoms with E-state index in [1.165, 1.54) is 22.2 Å². The number of rotatable bonds is 3. The largest absolute Gasteiger partial charge is 0.359 e. The maximum atomic E-state index is 12.4. The number of hydrogen-bond acceptors (Lipinski definition) is 4. The topological polar surface area (TPSA) is 67.8 Å². The Morgan fingerprint density at radius 2 is 2.25 bits per heavy atom. The first kappa shape index (κ1) is 12.8. The van der Waals surface area contributed by atoms with Crippen molar-refractivity contribution in [1.82, 2.24) is 14.5 Å². The lowest BCUT2D eigenvalue weighted by atomic mass is 10.2. The van der Waals surface area contributed by atoms with E-state index in [1.807, 2.05) is 13.8 Å². The Balaban J connectivity index is 2.05. The fraction of sp³-hybridized carbons (Fsp3) is 0.214. The lowest BCUT2D eigenvalue weighted by Crippen LogP contribution is -2.24. The smallest absolute Gasteiger partial charge is 0.262 e. The average Bonchev–Trinajstić information content (AvgIpc) is 3.03. The molecule has 0 fully saturated rings. The van der Waals surface area contributed by atoms with E-state index < -0.39 is 0 Å². The second-order valence-corrected chi connectivity index (χ2v) is 5.85. The predicted octanol–water partition coefficient (Wildman–Crippen LogP) is 2.29. The molecule has 0 aliphatic carbocycles. The minimum absolute atomic E-state index is 0.00335. The highest BCUT2D eigenvalue weighted by Gasteiger charge is 2.14. The third-order valence-electron chi connectivity index (χ3n) is 3.37. The van der Waals surface area contributed by atoms with Crippen LogP contribution < -0.4 is 5.56 Å². The first-order valence-corrected chi connectivity index (χ1v) is 7.01. The highest BCUT2D eigenvalue weighted by atomic mass is 32.1. The van der Waals surface area contributed by atoms with Crippen LogP contribution in [0.15, 0.2) is 29.5 Å². The zero-order valence-corrected chi connectivity index (χ0v) is 12.0. The van der Waals surface area contributed by atoms with Crippen LogP contribution in [-0.4, -0.2) is 20.3 Å². The van der Waals surface area contributed by atoms with Gasteiger partial charge in [-0.25, -0.2) is 4.98 Å². The Morgan fingerprint density at radius 1 is 1.45 bits per heavy atom. The number of nitrogens with one attached hydrogen (secondary N) is 1. The summed E-state index contributed by atoms with van der Waals surface area (Å²) in [6.45, 7) is 3.88. The van der Waals surface area contributed by atoms with Gasteiger partial charge in [-0.05, 0) is 31.5 Å². The summed E-state index contributed by atoms with van der Waals surface area (Å²) < 4.78 is 1.37. The zero-order valence-electron chi connectivity index (χ0n) is 11.1. The SMILES string of the molecule is Cc1sc2ncn(CC(=O)c3ccc[nH]3)c(=O)c2c1C. The lowest BCUT2D eigenvalue weighted by Gasteiger charge is -2.03. The van der Waals surface area contributed by atoms with E-state index in [-0.39, 0.29) is 17.9 Å². The van der Waals surface area contributed by atoms with Crippen molar-refractivity contribution in [3.8, 4) is 0 Å². The minimum Gasteiger partial charge on any atom is -0.359 e. The van der Waals surface area contributed by atoms with Gasteiger partial charge in [0.15, 0.2) is 5.78 Å². The summed E-state index contributed by atoms with van der Waals surface area (Å²) >= 11 is 1.50. The zero-order chi connectivity index (χ0) is 14.3. The van der Waals surface area contributed by atoms with Gasteiger partial charge in [0.25, 0.3) is 5.56 Å².